The first-order chi connectivity index (χ1) is 17.6. The van der Waals surface area contributed by atoms with Gasteiger partial charge in [0.1, 0.15) is 10.9 Å². The van der Waals surface area contributed by atoms with Gasteiger partial charge in [0.25, 0.3) is 11.7 Å². The van der Waals surface area contributed by atoms with Crippen molar-refractivity contribution in [3.8, 4) is 11.5 Å². The van der Waals surface area contributed by atoms with E-state index in [0.29, 0.717) is 32.1 Å². The molecule has 2 N–H and O–H groups in total. The van der Waals surface area contributed by atoms with Crippen LogP contribution in [0.1, 0.15) is 10.4 Å². The van der Waals surface area contributed by atoms with Gasteiger partial charge in [0.05, 0.1) is 53.2 Å². The normalized spacial score (nSPS) is 13.9. The van der Waals surface area contributed by atoms with E-state index in [9.17, 15) is 14.0 Å². The van der Waals surface area contributed by atoms with E-state index in [2.05, 4.69) is 35.8 Å². The van der Waals surface area contributed by atoms with Crippen molar-refractivity contribution < 1.29 is 18.7 Å². The van der Waals surface area contributed by atoms with Gasteiger partial charge in [-0.25, -0.2) is 14.1 Å². The fourth-order valence-corrected chi connectivity index (χ4v) is 4.29. The predicted octanol–water partition coefficient (Wildman–Crippen LogP) is 0.209. The zero-order chi connectivity index (χ0) is 24.6. The van der Waals surface area contributed by atoms with E-state index in [4.69, 9.17) is 0 Å². The second-order valence-corrected chi connectivity index (χ2v) is 8.11. The lowest BCUT2D eigenvalue weighted by Gasteiger charge is -2.31. The van der Waals surface area contributed by atoms with Gasteiger partial charge in [-0.05, 0) is 12.1 Å². The highest BCUT2D eigenvalue weighted by Crippen LogP contribution is 2.26. The molecule has 36 heavy (non-hydrogen) atoms. The number of pyridine rings is 1. The van der Waals surface area contributed by atoms with Crippen LogP contribution in [0, 0.1) is 5.82 Å². The van der Waals surface area contributed by atoms with Gasteiger partial charge in [-0.3, -0.25) is 14.5 Å². The molecule has 1 aliphatic heterocycles. The number of carbonyl (C=O) groups excluding carboxylic acids is 2. The summed E-state index contributed by atoms with van der Waals surface area (Å²) < 4.78 is 17.8. The number of carbonyl (C=O) groups is 2. The summed E-state index contributed by atoms with van der Waals surface area (Å²) in [5, 5.41) is 18.5. The van der Waals surface area contributed by atoms with Crippen LogP contribution in [0.15, 0.2) is 55.1 Å². The number of para-hydroxylation sites is 1. The maximum atomic E-state index is 14.7. The van der Waals surface area contributed by atoms with Crippen LogP contribution in [0.2, 0.25) is 0 Å². The Morgan fingerprint density at radius 1 is 1.08 bits per heavy atom. The summed E-state index contributed by atoms with van der Waals surface area (Å²) in [7, 11) is 0. The topological polar surface area (TPSA) is 145 Å². The lowest BCUT2D eigenvalue weighted by Crippen LogP contribution is -2.53. The average molecular weight is 488 g/mol. The van der Waals surface area contributed by atoms with Crippen LogP contribution in [0.25, 0.3) is 22.4 Å². The van der Waals surface area contributed by atoms with Crippen LogP contribution in [0.5, 0.6) is 0 Å². The zero-order valence-electron chi connectivity index (χ0n) is 18.7. The van der Waals surface area contributed by atoms with Crippen LogP contribution >= 0.6 is 0 Å². The Labute approximate surface area is 202 Å². The third-order valence-corrected chi connectivity index (χ3v) is 6.07. The molecule has 1 fully saturated rings. The summed E-state index contributed by atoms with van der Waals surface area (Å²) in [4.78, 5) is 36.6. The van der Waals surface area contributed by atoms with Crippen LogP contribution < -0.4 is 9.58 Å². The number of H-pyrrole nitrogens is 2. The molecule has 0 bridgehead atoms. The summed E-state index contributed by atoms with van der Waals surface area (Å²) in [6.45, 7) is 1.48. The van der Waals surface area contributed by atoms with E-state index in [1.807, 2.05) is 35.2 Å². The van der Waals surface area contributed by atoms with Crippen molar-refractivity contribution in [1.82, 2.24) is 45.4 Å². The average Bonchev–Trinajstić information content (AvgIpc) is 3.70. The van der Waals surface area contributed by atoms with E-state index in [1.165, 1.54) is 22.0 Å². The van der Waals surface area contributed by atoms with Gasteiger partial charge in [-0.1, -0.05) is 28.6 Å². The Morgan fingerprint density at radius 3 is 2.64 bits per heavy atom. The number of hydrogen-bond acceptors (Lipinski definition) is 8. The maximum Gasteiger partial charge on any atom is 0.407 e. The number of nitrogens with zero attached hydrogens (tertiary/aromatic N) is 9. The summed E-state index contributed by atoms with van der Waals surface area (Å²) in [6.07, 6.45) is 5.32. The quantitative estimate of drug-likeness (QED) is 0.203. The third kappa shape index (κ3) is 3.55. The van der Waals surface area contributed by atoms with Crippen molar-refractivity contribution in [3.63, 3.8) is 0 Å². The summed E-state index contributed by atoms with van der Waals surface area (Å²) >= 11 is 0. The molecule has 13 nitrogen and oxygen atoms in total. The second kappa shape index (κ2) is 8.65. The number of benzene rings is 1. The number of aromatic amines is 2. The molecular formula is C22H19FN11O2+. The number of hydrogen-bond donors (Lipinski definition) is 2. The molecule has 1 aliphatic rings. The van der Waals surface area contributed by atoms with Gasteiger partial charge in [0.15, 0.2) is 11.6 Å². The highest BCUT2D eigenvalue weighted by Gasteiger charge is 2.33. The number of anilines is 1. The van der Waals surface area contributed by atoms with Gasteiger partial charge in [-0.2, -0.15) is 0 Å². The van der Waals surface area contributed by atoms with Gasteiger partial charge in [0, 0.05) is 19.3 Å². The Morgan fingerprint density at radius 2 is 1.89 bits per heavy atom. The molecule has 0 saturated carbocycles. The molecule has 1 amide bonds. The summed E-state index contributed by atoms with van der Waals surface area (Å²) in [5.74, 6) is -1.35. The minimum Gasteiger partial charge on any atom is -0.357 e. The van der Waals surface area contributed by atoms with Gasteiger partial charge in [-0.15, -0.1) is 9.78 Å². The summed E-state index contributed by atoms with van der Waals surface area (Å²) in [6, 6.07) is 9.58. The smallest absolute Gasteiger partial charge is 0.357 e. The number of tetrazole rings is 1. The second-order valence-electron chi connectivity index (χ2n) is 8.11. The number of nitrogens with one attached hydrogen (secondary N) is 2. The lowest BCUT2D eigenvalue weighted by atomic mass is 10.1. The SMILES string of the molecule is O=C(C(=O)N1CCN(c2nn[nH][n+]2-c2ccccc2)CC1)c1c[nH]c2c(-n3ccnn3)ncc(F)c12. The number of halogens is 1. The number of amides is 1. The van der Waals surface area contributed by atoms with Crippen molar-refractivity contribution >= 4 is 28.5 Å². The highest BCUT2D eigenvalue weighted by atomic mass is 19.1. The van der Waals surface area contributed by atoms with Crippen molar-refractivity contribution in [2.45, 2.75) is 0 Å². The molecular weight excluding hydrogens is 469 g/mol. The first kappa shape index (κ1) is 21.5. The third-order valence-electron chi connectivity index (χ3n) is 6.07. The van der Waals surface area contributed by atoms with Crippen LogP contribution in [0.3, 0.4) is 0 Å². The fourth-order valence-electron chi connectivity index (χ4n) is 4.29. The van der Waals surface area contributed by atoms with Gasteiger partial charge in [0.2, 0.25) is 0 Å². The Kier molecular flexibility index (Phi) is 5.17. The number of ketones is 1. The molecule has 14 heteroatoms. The minimum atomic E-state index is -0.801. The standard InChI is InChI=1S/C22H18FN11O2/c23-16-13-25-20(33-7-6-26-29-33)18-17(16)15(12-24-18)19(35)21(36)31-8-10-32(11-9-31)22-27-28-30-34(22)14-4-2-1-3-5-14/h1-7,12-13H,8-11H2,(H,24,25,35)/p+1. The van der Waals surface area contributed by atoms with E-state index in [0.717, 1.165) is 11.9 Å². The molecule has 0 radical (unpaired) electrons. The van der Waals surface area contributed by atoms with Gasteiger partial charge < -0.3 is 9.88 Å². The van der Waals surface area contributed by atoms with E-state index in [-0.39, 0.29) is 22.3 Å². The van der Waals surface area contributed by atoms with E-state index >= 15 is 0 Å². The highest BCUT2D eigenvalue weighted by molar-refractivity contribution is 6.45. The number of aromatic nitrogens is 9. The van der Waals surface area contributed by atoms with Gasteiger partial charge >= 0.3 is 5.95 Å². The molecule has 5 aromatic rings. The molecule has 1 aromatic carbocycles. The van der Waals surface area contributed by atoms with Crippen LogP contribution in [-0.4, -0.2) is 83.3 Å². The molecule has 4 aromatic heterocycles. The number of rotatable bonds is 5. The monoisotopic (exact) mass is 488 g/mol. The first-order valence-electron chi connectivity index (χ1n) is 11.1. The van der Waals surface area contributed by atoms with E-state index < -0.39 is 17.5 Å². The number of fused-ring (bicyclic) bond motifs is 1. The van der Waals surface area contributed by atoms with Crippen LogP contribution in [-0.2, 0) is 4.79 Å². The van der Waals surface area contributed by atoms with Crippen molar-refractivity contribution in [1.29, 1.82) is 0 Å². The zero-order valence-corrected chi connectivity index (χ0v) is 18.7. The fraction of sp³-hybridized carbons (Fsp3) is 0.182. The van der Waals surface area contributed by atoms with Crippen molar-refractivity contribution in [2.75, 3.05) is 31.1 Å². The maximum absolute atomic E-state index is 14.7. The molecule has 0 unspecified atom stereocenters. The Hall–Kier alpha value is -5.01. The largest absolute Gasteiger partial charge is 0.407 e. The molecule has 0 aliphatic carbocycles. The Balaban J connectivity index is 1.21. The summed E-state index contributed by atoms with van der Waals surface area (Å²) in [5.41, 5.74) is 1.06. The lowest BCUT2D eigenvalue weighted by molar-refractivity contribution is -0.648. The van der Waals surface area contributed by atoms with E-state index in [1.54, 1.807) is 10.9 Å². The Bertz CT molecular complexity index is 1550. The molecule has 6 rings (SSSR count). The first-order valence-corrected chi connectivity index (χ1v) is 11.1. The minimum absolute atomic E-state index is 0.0148. The molecule has 5 heterocycles. The van der Waals surface area contributed by atoms with Crippen LogP contribution in [0.4, 0.5) is 10.3 Å². The van der Waals surface area contributed by atoms with Crippen molar-refractivity contribution in [2.24, 2.45) is 0 Å². The molecule has 1 saturated heterocycles. The molecule has 0 atom stereocenters. The molecule has 0 spiro atoms. The predicted molar refractivity (Wildman–Crippen MR) is 122 cm³/mol. The van der Waals surface area contributed by atoms with Crippen molar-refractivity contribution in [3.05, 3.63) is 66.5 Å². The molecule has 180 valence electrons. The number of Topliss-reactive ketones (excluding diaryl/α,β-unsaturated/α-hetero) is 1. The number of piperazine rings is 1.